The van der Waals surface area contributed by atoms with Gasteiger partial charge in [-0.25, -0.2) is 4.98 Å². The maximum absolute atomic E-state index is 8.98. The van der Waals surface area contributed by atoms with Gasteiger partial charge in [-0.15, -0.1) is 0 Å². The van der Waals surface area contributed by atoms with Crippen molar-refractivity contribution >= 4 is 34.7 Å². The predicted octanol–water partition coefficient (Wildman–Crippen LogP) is 5.11. The van der Waals surface area contributed by atoms with Crippen molar-refractivity contribution in [3.63, 3.8) is 0 Å². The fraction of sp³-hybridized carbons (Fsp3) is 0.105. The second kappa shape index (κ2) is 7.20. The number of aromatic nitrogens is 2. The quantitative estimate of drug-likeness (QED) is 0.685. The third kappa shape index (κ3) is 4.06. The Morgan fingerprint density at radius 2 is 1.92 bits per heavy atom. The fourth-order valence-electron chi connectivity index (χ4n) is 2.49. The summed E-state index contributed by atoms with van der Waals surface area (Å²) in [6.45, 7) is 4.00. The van der Waals surface area contributed by atoms with Gasteiger partial charge in [-0.2, -0.15) is 10.2 Å². The Bertz CT molecular complexity index is 939. The summed E-state index contributed by atoms with van der Waals surface area (Å²) in [5.74, 6) is 1.06. The summed E-state index contributed by atoms with van der Waals surface area (Å²) in [5.41, 5.74) is 4.29. The number of nitrogens with zero attached hydrogens (tertiary/aromatic N) is 3. The summed E-state index contributed by atoms with van der Waals surface area (Å²) in [5, 5.41) is 16.0. The summed E-state index contributed by atoms with van der Waals surface area (Å²) >= 11 is 6.34. The monoisotopic (exact) mass is 349 g/mol. The molecule has 3 rings (SSSR count). The van der Waals surface area contributed by atoms with Crippen LogP contribution in [0.25, 0.3) is 0 Å². The Hall–Kier alpha value is -3.10. The third-order valence-corrected chi connectivity index (χ3v) is 3.89. The molecule has 0 spiro atoms. The van der Waals surface area contributed by atoms with E-state index in [0.717, 1.165) is 22.5 Å². The van der Waals surface area contributed by atoms with Gasteiger partial charge in [0.1, 0.15) is 5.82 Å². The van der Waals surface area contributed by atoms with Crippen LogP contribution in [0.5, 0.6) is 0 Å². The van der Waals surface area contributed by atoms with Gasteiger partial charge in [0.25, 0.3) is 0 Å². The molecule has 0 saturated carbocycles. The molecule has 5 nitrogen and oxygen atoms in total. The molecule has 2 N–H and O–H groups in total. The number of benzene rings is 2. The summed E-state index contributed by atoms with van der Waals surface area (Å²) < 4.78 is 0. The molecule has 0 aliphatic carbocycles. The predicted molar refractivity (Wildman–Crippen MR) is 101 cm³/mol. The van der Waals surface area contributed by atoms with Crippen molar-refractivity contribution in [1.82, 2.24) is 9.97 Å². The Balaban J connectivity index is 1.84. The molecule has 0 aliphatic heterocycles. The lowest BCUT2D eigenvalue weighted by Crippen LogP contribution is -2.02. The molecule has 6 heteroatoms. The van der Waals surface area contributed by atoms with Crippen LogP contribution in [-0.4, -0.2) is 9.97 Å². The first kappa shape index (κ1) is 16.7. The van der Waals surface area contributed by atoms with Crippen LogP contribution in [-0.2, 0) is 0 Å². The lowest BCUT2D eigenvalue weighted by atomic mass is 10.1. The number of rotatable bonds is 4. The summed E-state index contributed by atoms with van der Waals surface area (Å²) in [4.78, 5) is 8.66. The number of nitriles is 1. The van der Waals surface area contributed by atoms with Crippen molar-refractivity contribution in [3.8, 4) is 6.07 Å². The number of nitrogens with one attached hydrogen (secondary N) is 2. The van der Waals surface area contributed by atoms with Gasteiger partial charge in [0.05, 0.1) is 22.3 Å². The molecule has 25 heavy (non-hydrogen) atoms. The zero-order valence-corrected chi connectivity index (χ0v) is 14.6. The first-order valence-corrected chi connectivity index (χ1v) is 8.07. The second-order valence-corrected chi connectivity index (χ2v) is 6.05. The van der Waals surface area contributed by atoms with E-state index < -0.39 is 0 Å². The zero-order chi connectivity index (χ0) is 17.8. The van der Waals surface area contributed by atoms with Crippen molar-refractivity contribution in [2.75, 3.05) is 10.6 Å². The lowest BCUT2D eigenvalue weighted by Gasteiger charge is -2.13. The van der Waals surface area contributed by atoms with E-state index in [2.05, 4.69) is 32.7 Å². The largest absolute Gasteiger partial charge is 0.339 e. The van der Waals surface area contributed by atoms with Gasteiger partial charge >= 0.3 is 0 Å². The fourth-order valence-corrected chi connectivity index (χ4v) is 2.85. The Labute approximate surface area is 151 Å². The van der Waals surface area contributed by atoms with Gasteiger partial charge in [-0.1, -0.05) is 23.7 Å². The van der Waals surface area contributed by atoms with Gasteiger partial charge < -0.3 is 10.6 Å². The van der Waals surface area contributed by atoms with Gasteiger partial charge in [-0.05, 0) is 55.3 Å². The molecule has 0 amide bonds. The highest BCUT2D eigenvalue weighted by atomic mass is 35.5. The molecule has 0 aliphatic rings. The van der Waals surface area contributed by atoms with Gasteiger partial charge in [-0.3, -0.25) is 0 Å². The summed E-state index contributed by atoms with van der Waals surface area (Å²) in [7, 11) is 0. The SMILES string of the molecule is Cc1cc(C)c(Nc2ccnc(Nc3cccc(C#N)c3)n2)c(Cl)c1. The smallest absolute Gasteiger partial charge is 0.229 e. The van der Waals surface area contributed by atoms with Crippen molar-refractivity contribution in [2.45, 2.75) is 13.8 Å². The molecule has 0 saturated heterocycles. The van der Waals surface area contributed by atoms with Gasteiger partial charge in [0.2, 0.25) is 5.95 Å². The molecular formula is C19H16ClN5. The minimum atomic E-state index is 0.431. The van der Waals surface area contributed by atoms with Crippen LogP contribution < -0.4 is 10.6 Å². The molecule has 0 atom stereocenters. The normalized spacial score (nSPS) is 10.2. The lowest BCUT2D eigenvalue weighted by molar-refractivity contribution is 1.16. The summed E-state index contributed by atoms with van der Waals surface area (Å²) in [6, 6.07) is 15.0. The van der Waals surface area contributed by atoms with E-state index in [9.17, 15) is 0 Å². The van der Waals surface area contributed by atoms with Crippen molar-refractivity contribution in [1.29, 1.82) is 5.26 Å². The zero-order valence-electron chi connectivity index (χ0n) is 13.8. The molecule has 0 fully saturated rings. The first-order chi connectivity index (χ1) is 12.0. The minimum Gasteiger partial charge on any atom is -0.339 e. The molecule has 0 radical (unpaired) electrons. The van der Waals surface area contributed by atoms with Crippen LogP contribution in [0.15, 0.2) is 48.7 Å². The number of hydrogen-bond acceptors (Lipinski definition) is 5. The van der Waals surface area contributed by atoms with E-state index >= 15 is 0 Å². The molecule has 1 aromatic heterocycles. The number of halogens is 1. The van der Waals surface area contributed by atoms with Gasteiger partial charge in [0.15, 0.2) is 0 Å². The van der Waals surface area contributed by atoms with Gasteiger partial charge in [0, 0.05) is 11.9 Å². The molecule has 0 unspecified atom stereocenters. The van der Waals surface area contributed by atoms with E-state index in [1.54, 1.807) is 30.5 Å². The van der Waals surface area contributed by atoms with Crippen LogP contribution >= 0.6 is 11.6 Å². The molecule has 1 heterocycles. The standard InChI is InChI=1S/C19H16ClN5/c1-12-8-13(2)18(16(20)9-12)24-17-6-7-22-19(25-17)23-15-5-3-4-14(10-15)11-21/h3-10H,1-2H3,(H2,22,23,24,25). The molecule has 2 aromatic carbocycles. The molecular weight excluding hydrogens is 334 g/mol. The van der Waals surface area contributed by atoms with Crippen molar-refractivity contribution in [2.24, 2.45) is 0 Å². The number of anilines is 4. The van der Waals surface area contributed by atoms with Crippen LogP contribution in [0.3, 0.4) is 0 Å². The summed E-state index contributed by atoms with van der Waals surface area (Å²) in [6.07, 6.45) is 1.66. The number of hydrogen-bond donors (Lipinski definition) is 2. The van der Waals surface area contributed by atoms with Crippen LogP contribution in [0, 0.1) is 25.2 Å². The minimum absolute atomic E-state index is 0.431. The Morgan fingerprint density at radius 1 is 1.08 bits per heavy atom. The maximum atomic E-state index is 8.98. The van der Waals surface area contributed by atoms with E-state index in [-0.39, 0.29) is 0 Å². The van der Waals surface area contributed by atoms with Crippen LogP contribution in [0.2, 0.25) is 5.02 Å². The van der Waals surface area contributed by atoms with Crippen molar-refractivity contribution < 1.29 is 0 Å². The van der Waals surface area contributed by atoms with Crippen LogP contribution in [0.4, 0.5) is 23.1 Å². The highest BCUT2D eigenvalue weighted by Crippen LogP contribution is 2.30. The van der Waals surface area contributed by atoms with E-state index in [4.69, 9.17) is 16.9 Å². The van der Waals surface area contributed by atoms with Crippen molar-refractivity contribution in [3.05, 3.63) is 70.4 Å². The van der Waals surface area contributed by atoms with Crippen LogP contribution in [0.1, 0.15) is 16.7 Å². The highest BCUT2D eigenvalue weighted by molar-refractivity contribution is 6.33. The molecule has 124 valence electrons. The average molecular weight is 350 g/mol. The topological polar surface area (TPSA) is 73.6 Å². The maximum Gasteiger partial charge on any atom is 0.229 e. The highest BCUT2D eigenvalue weighted by Gasteiger charge is 2.08. The Morgan fingerprint density at radius 3 is 2.68 bits per heavy atom. The molecule has 0 bridgehead atoms. The first-order valence-electron chi connectivity index (χ1n) is 7.69. The van der Waals surface area contributed by atoms with E-state index in [1.807, 2.05) is 26.0 Å². The number of aryl methyl sites for hydroxylation is 2. The average Bonchev–Trinajstić information content (AvgIpc) is 2.58. The molecule has 3 aromatic rings. The Kier molecular flexibility index (Phi) is 4.82. The second-order valence-electron chi connectivity index (χ2n) is 5.65. The van der Waals surface area contributed by atoms with E-state index in [1.165, 1.54) is 0 Å². The van der Waals surface area contributed by atoms with E-state index in [0.29, 0.717) is 22.4 Å². The third-order valence-electron chi connectivity index (χ3n) is 3.59.